The van der Waals surface area contributed by atoms with Crippen LogP contribution in [-0.2, 0) is 16.1 Å². The van der Waals surface area contributed by atoms with E-state index in [4.69, 9.17) is 4.74 Å². The summed E-state index contributed by atoms with van der Waals surface area (Å²) in [7, 11) is 0. The second kappa shape index (κ2) is 9.55. The molecule has 3 aromatic rings. The first-order chi connectivity index (χ1) is 14.8. The molecule has 0 aliphatic carbocycles. The van der Waals surface area contributed by atoms with Gasteiger partial charge in [0, 0.05) is 12.1 Å². The van der Waals surface area contributed by atoms with Crippen molar-refractivity contribution in [1.29, 1.82) is 0 Å². The Balaban J connectivity index is 1.90. The van der Waals surface area contributed by atoms with Crippen LogP contribution in [0.1, 0.15) is 54.8 Å². The van der Waals surface area contributed by atoms with Gasteiger partial charge in [0.1, 0.15) is 5.69 Å². The van der Waals surface area contributed by atoms with Crippen molar-refractivity contribution in [2.75, 3.05) is 0 Å². The molecule has 1 unspecified atom stereocenters. The molecule has 3 rings (SSSR count). The van der Waals surface area contributed by atoms with Gasteiger partial charge in [-0.15, -0.1) is 0 Å². The van der Waals surface area contributed by atoms with E-state index in [-0.39, 0.29) is 30.0 Å². The van der Waals surface area contributed by atoms with Gasteiger partial charge in [-0.3, -0.25) is 14.4 Å². The Labute approximate surface area is 181 Å². The van der Waals surface area contributed by atoms with E-state index in [0.29, 0.717) is 28.8 Å². The maximum absolute atomic E-state index is 13.0. The third-order valence-electron chi connectivity index (χ3n) is 4.93. The highest BCUT2D eigenvalue weighted by atomic mass is 16.5. The average Bonchev–Trinajstić information content (AvgIpc) is 2.74. The van der Waals surface area contributed by atoms with Gasteiger partial charge >= 0.3 is 5.97 Å². The van der Waals surface area contributed by atoms with Crippen molar-refractivity contribution in [2.24, 2.45) is 0 Å². The molecule has 0 spiro atoms. The summed E-state index contributed by atoms with van der Waals surface area (Å²) in [5.74, 6) is -0.714. The van der Waals surface area contributed by atoms with Gasteiger partial charge in [-0.05, 0) is 51.5 Å². The summed E-state index contributed by atoms with van der Waals surface area (Å²) in [5.41, 5.74) is 2.70. The molecule has 1 atom stereocenters. The number of nitrogens with zero attached hydrogens (tertiary/aromatic N) is 2. The fraction of sp³-hybridized carbons (Fsp3) is 0.333. The number of hydrogen-bond acceptors (Lipinski definition) is 5. The largest absolute Gasteiger partial charge is 0.463 e. The summed E-state index contributed by atoms with van der Waals surface area (Å²) in [6, 6.07) is 13.8. The molecule has 0 aliphatic heterocycles. The first-order valence-electron chi connectivity index (χ1n) is 10.4. The lowest BCUT2D eigenvalue weighted by atomic mass is 10.0. The number of carbonyl (C=O) groups is 2. The third-order valence-corrected chi connectivity index (χ3v) is 4.93. The Bertz CT molecular complexity index is 1150. The Morgan fingerprint density at radius 1 is 1.13 bits per heavy atom. The standard InChI is InChI=1S/C24H27N3O4/c1-5-27-21-12-11-18(13-20(21)25-16(4)24(27)30)23(29)26-19(14-22(28)31-15(2)3)17-9-7-6-8-10-17/h6-13,15,19H,5,14H2,1-4H3,(H,26,29). The van der Waals surface area contributed by atoms with E-state index in [1.165, 1.54) is 0 Å². The van der Waals surface area contributed by atoms with Crippen LogP contribution in [0.5, 0.6) is 0 Å². The van der Waals surface area contributed by atoms with Crippen molar-refractivity contribution >= 4 is 22.9 Å². The highest BCUT2D eigenvalue weighted by Gasteiger charge is 2.21. The van der Waals surface area contributed by atoms with Gasteiger partial charge in [0.05, 0.1) is 29.6 Å². The summed E-state index contributed by atoms with van der Waals surface area (Å²) < 4.78 is 6.90. The first-order valence-corrected chi connectivity index (χ1v) is 10.4. The molecule has 0 radical (unpaired) electrons. The predicted octanol–water partition coefficient (Wildman–Crippen LogP) is 3.54. The number of carbonyl (C=O) groups excluding carboxylic acids is 2. The monoisotopic (exact) mass is 421 g/mol. The summed E-state index contributed by atoms with van der Waals surface area (Å²) in [5, 5.41) is 2.94. The molecule has 0 fully saturated rings. The molecular formula is C24H27N3O4. The summed E-state index contributed by atoms with van der Waals surface area (Å²) in [6.07, 6.45) is -0.209. The average molecular weight is 421 g/mol. The number of ether oxygens (including phenoxy) is 1. The molecule has 1 aromatic heterocycles. The number of hydrogen-bond donors (Lipinski definition) is 1. The number of aromatic nitrogens is 2. The molecule has 1 amide bonds. The number of esters is 1. The fourth-order valence-corrected chi connectivity index (χ4v) is 3.49. The van der Waals surface area contributed by atoms with Gasteiger partial charge in [-0.1, -0.05) is 30.3 Å². The number of aryl methyl sites for hydroxylation is 2. The molecular weight excluding hydrogens is 394 g/mol. The van der Waals surface area contributed by atoms with Crippen LogP contribution in [0.25, 0.3) is 11.0 Å². The molecule has 2 aromatic carbocycles. The van der Waals surface area contributed by atoms with E-state index >= 15 is 0 Å². The zero-order chi connectivity index (χ0) is 22.5. The number of amides is 1. The Hall–Kier alpha value is -3.48. The Kier molecular flexibility index (Phi) is 6.84. The van der Waals surface area contributed by atoms with Crippen LogP contribution < -0.4 is 10.9 Å². The SMILES string of the molecule is CCn1c(=O)c(C)nc2cc(C(=O)NC(CC(=O)OC(C)C)c3ccccc3)ccc21. The molecule has 0 saturated heterocycles. The van der Waals surface area contributed by atoms with E-state index in [1.54, 1.807) is 43.5 Å². The van der Waals surface area contributed by atoms with Gasteiger partial charge in [-0.25, -0.2) is 4.98 Å². The van der Waals surface area contributed by atoms with Crippen LogP contribution in [0, 0.1) is 6.92 Å². The first kappa shape index (κ1) is 22.2. The van der Waals surface area contributed by atoms with Crippen molar-refractivity contribution in [3.05, 3.63) is 75.7 Å². The maximum atomic E-state index is 13.0. The van der Waals surface area contributed by atoms with Crippen molar-refractivity contribution in [3.63, 3.8) is 0 Å². The van der Waals surface area contributed by atoms with Crippen LogP contribution in [0.3, 0.4) is 0 Å². The van der Waals surface area contributed by atoms with Crippen molar-refractivity contribution < 1.29 is 14.3 Å². The highest BCUT2D eigenvalue weighted by Crippen LogP contribution is 2.20. The quantitative estimate of drug-likeness (QED) is 0.590. The van der Waals surface area contributed by atoms with E-state index in [2.05, 4.69) is 10.3 Å². The van der Waals surface area contributed by atoms with E-state index in [9.17, 15) is 14.4 Å². The Morgan fingerprint density at radius 2 is 1.84 bits per heavy atom. The number of nitrogens with one attached hydrogen (secondary N) is 1. The summed E-state index contributed by atoms with van der Waals surface area (Å²) >= 11 is 0. The number of rotatable bonds is 7. The highest BCUT2D eigenvalue weighted by molar-refractivity contribution is 5.97. The van der Waals surface area contributed by atoms with Crippen LogP contribution in [0.15, 0.2) is 53.3 Å². The lowest BCUT2D eigenvalue weighted by Gasteiger charge is -2.20. The number of benzene rings is 2. The smallest absolute Gasteiger partial charge is 0.308 e. The van der Waals surface area contributed by atoms with E-state index < -0.39 is 6.04 Å². The topological polar surface area (TPSA) is 90.3 Å². The van der Waals surface area contributed by atoms with Gasteiger partial charge in [-0.2, -0.15) is 0 Å². The molecule has 7 heteroatoms. The van der Waals surface area contributed by atoms with Crippen LogP contribution in [-0.4, -0.2) is 27.5 Å². The molecule has 1 heterocycles. The van der Waals surface area contributed by atoms with E-state index in [0.717, 1.165) is 5.56 Å². The molecule has 0 bridgehead atoms. The van der Waals surface area contributed by atoms with Gasteiger partial charge in [0.15, 0.2) is 0 Å². The van der Waals surface area contributed by atoms with Crippen molar-refractivity contribution in [2.45, 2.75) is 52.8 Å². The van der Waals surface area contributed by atoms with Crippen molar-refractivity contribution in [1.82, 2.24) is 14.9 Å². The lowest BCUT2D eigenvalue weighted by molar-refractivity contribution is -0.147. The third kappa shape index (κ3) is 5.17. The Morgan fingerprint density at radius 3 is 2.48 bits per heavy atom. The zero-order valence-corrected chi connectivity index (χ0v) is 18.2. The maximum Gasteiger partial charge on any atom is 0.308 e. The molecule has 7 nitrogen and oxygen atoms in total. The van der Waals surface area contributed by atoms with Crippen LogP contribution in [0.4, 0.5) is 0 Å². The predicted molar refractivity (Wildman–Crippen MR) is 119 cm³/mol. The van der Waals surface area contributed by atoms with Gasteiger partial charge < -0.3 is 14.6 Å². The summed E-state index contributed by atoms with van der Waals surface area (Å²) in [6.45, 7) is 7.63. The normalized spacial score (nSPS) is 12.0. The minimum atomic E-state index is -0.532. The fourth-order valence-electron chi connectivity index (χ4n) is 3.49. The summed E-state index contributed by atoms with van der Waals surface area (Å²) in [4.78, 5) is 41.9. The second-order valence-corrected chi connectivity index (χ2v) is 7.63. The van der Waals surface area contributed by atoms with Crippen LogP contribution >= 0.6 is 0 Å². The minimum absolute atomic E-state index is 0.0221. The van der Waals surface area contributed by atoms with Crippen molar-refractivity contribution in [3.8, 4) is 0 Å². The van der Waals surface area contributed by atoms with Crippen LogP contribution in [0.2, 0.25) is 0 Å². The van der Waals surface area contributed by atoms with Gasteiger partial charge in [0.2, 0.25) is 0 Å². The number of fused-ring (bicyclic) bond motifs is 1. The molecule has 0 saturated carbocycles. The molecule has 162 valence electrons. The second-order valence-electron chi connectivity index (χ2n) is 7.63. The minimum Gasteiger partial charge on any atom is -0.463 e. The molecule has 0 aliphatic rings. The molecule has 1 N–H and O–H groups in total. The van der Waals surface area contributed by atoms with E-state index in [1.807, 2.05) is 37.3 Å². The molecule has 31 heavy (non-hydrogen) atoms. The van der Waals surface area contributed by atoms with Gasteiger partial charge in [0.25, 0.3) is 11.5 Å². The zero-order valence-electron chi connectivity index (χ0n) is 18.2. The lowest BCUT2D eigenvalue weighted by Crippen LogP contribution is -2.31.